The number of carbonyl (C=O) groups is 1. The number of aliphatic hydroxyl groups excluding tert-OH is 2. The van der Waals surface area contributed by atoms with Gasteiger partial charge in [-0.05, 0) is 91.2 Å². The number of nitrogens with zero attached hydrogens (tertiary/aromatic N) is 2. The number of carbonyl (C=O) groups excluding carboxylic acids is 1. The molecule has 0 bridgehead atoms. The summed E-state index contributed by atoms with van der Waals surface area (Å²) in [4.78, 5) is 30.1. The van der Waals surface area contributed by atoms with Crippen LogP contribution in [0.1, 0.15) is 140 Å². The van der Waals surface area contributed by atoms with E-state index in [1.165, 1.54) is 63.5 Å². The topological polar surface area (TPSA) is 162 Å². The van der Waals surface area contributed by atoms with Gasteiger partial charge < -0.3 is 34.6 Å². The summed E-state index contributed by atoms with van der Waals surface area (Å²) in [5, 5.41) is 38.6. The van der Waals surface area contributed by atoms with Gasteiger partial charge in [-0.3, -0.25) is 10.1 Å². The van der Waals surface area contributed by atoms with Crippen LogP contribution in [0, 0.1) is 27.9 Å². The number of non-ortho nitro benzene ring substituents is 1. The Bertz CT molecular complexity index is 1770. The third kappa shape index (κ3) is 13.3. The second-order valence-electron chi connectivity index (χ2n) is 16.9. The zero-order valence-corrected chi connectivity index (χ0v) is 37.9. The molecule has 12 nitrogen and oxygen atoms in total. The van der Waals surface area contributed by atoms with Crippen LogP contribution in [0.3, 0.4) is 0 Å². The maximum absolute atomic E-state index is 13.2. The summed E-state index contributed by atoms with van der Waals surface area (Å²) < 4.78 is 20.1. The van der Waals surface area contributed by atoms with E-state index in [0.29, 0.717) is 37.3 Å². The Morgan fingerprint density at radius 1 is 0.968 bits per heavy atom. The number of hydrogen-bond acceptors (Lipinski definition) is 11. The molecule has 6 atom stereocenters. The second-order valence-corrected chi connectivity index (χ2v) is 18.4. The van der Waals surface area contributed by atoms with Gasteiger partial charge >= 0.3 is 6.09 Å². The number of unbranched alkanes of at least 4 members (excludes halogenated alkanes) is 11. The van der Waals surface area contributed by atoms with Crippen molar-refractivity contribution in [3.05, 3.63) is 88.0 Å². The first-order valence-electron chi connectivity index (χ1n) is 23.3. The number of nitro groups is 1. The number of oxime groups is 1. The van der Waals surface area contributed by atoms with Crippen LogP contribution in [-0.2, 0) is 16.2 Å². The van der Waals surface area contributed by atoms with Gasteiger partial charge in [0.1, 0.15) is 18.1 Å². The molecule has 1 aliphatic heterocycles. The normalized spacial score (nSPS) is 23.1. The lowest BCUT2D eigenvalue weighted by atomic mass is 9.56. The molecular formula is C49H71N3O9S. The van der Waals surface area contributed by atoms with Crippen LogP contribution in [-0.4, -0.2) is 70.1 Å². The standard InChI is InChI=1S/C49H71N3O9S/c1-4-7-8-9-10-11-12-13-14-17-28-50-48(55)60-39-26-27-44-42(33-39)46-40(21-16-19-30-54)37(20-15-18-29-53)32-41-43(51-59-35-36-22-24-38(25-23-36)52(56)57)34-45(62-6-3)49(61-44,47(41)46)58-31-5-2/h5,22-27,32-33,37,40,45-47,53-54H,2,4,6-21,28-31,34-35H2,1,3H3,(H,50,55). The first-order valence-corrected chi connectivity index (χ1v) is 24.4. The fourth-order valence-corrected chi connectivity index (χ4v) is 10.8. The number of nitro benzene ring substituents is 1. The van der Waals surface area contributed by atoms with Crippen LogP contribution < -0.4 is 14.8 Å². The van der Waals surface area contributed by atoms with E-state index in [0.717, 1.165) is 66.7 Å². The minimum Gasteiger partial charge on any atom is -0.460 e. The Balaban J connectivity index is 1.45. The molecule has 1 fully saturated rings. The molecule has 3 N–H and O–H groups in total. The molecule has 13 heteroatoms. The molecule has 3 aliphatic rings. The van der Waals surface area contributed by atoms with Crippen LogP contribution in [0.4, 0.5) is 10.5 Å². The Morgan fingerprint density at radius 3 is 2.32 bits per heavy atom. The first kappa shape index (κ1) is 49.1. The molecule has 1 amide bonds. The lowest BCUT2D eigenvalue weighted by Gasteiger charge is -2.58. The Kier molecular flexibility index (Phi) is 20.6. The molecular weight excluding hydrogens is 807 g/mol. The number of rotatable bonds is 29. The molecule has 0 radical (unpaired) electrons. The molecule has 2 aromatic carbocycles. The summed E-state index contributed by atoms with van der Waals surface area (Å²) >= 11 is 1.76. The largest absolute Gasteiger partial charge is 0.460 e. The number of ether oxygens (including phenoxy) is 3. The Hall–Kier alpha value is -3.91. The zero-order chi connectivity index (χ0) is 44.2. The molecule has 0 spiro atoms. The average Bonchev–Trinajstić information content (AvgIpc) is 3.27. The summed E-state index contributed by atoms with van der Waals surface area (Å²) in [6, 6.07) is 11.9. The van der Waals surface area contributed by atoms with Gasteiger partial charge in [0.25, 0.3) is 5.69 Å². The molecule has 5 rings (SSSR count). The van der Waals surface area contributed by atoms with Crippen molar-refractivity contribution >= 4 is 29.3 Å². The predicted octanol–water partition coefficient (Wildman–Crippen LogP) is 11.2. The van der Waals surface area contributed by atoms with Gasteiger partial charge in [0.15, 0.2) is 0 Å². The third-order valence-electron chi connectivity index (χ3n) is 12.6. The smallest absolute Gasteiger partial charge is 0.412 e. The summed E-state index contributed by atoms with van der Waals surface area (Å²) in [6.45, 7) is 9.54. The number of aliphatic hydroxyl groups is 2. The van der Waals surface area contributed by atoms with Crippen molar-refractivity contribution in [2.45, 2.75) is 147 Å². The fourth-order valence-electron chi connectivity index (χ4n) is 9.59. The van der Waals surface area contributed by atoms with E-state index in [4.69, 9.17) is 24.2 Å². The van der Waals surface area contributed by atoms with Crippen molar-refractivity contribution < 1.29 is 39.0 Å². The minimum atomic E-state index is -1.09. The first-order chi connectivity index (χ1) is 30.3. The molecule has 1 saturated carbocycles. The van der Waals surface area contributed by atoms with Crippen molar-refractivity contribution in [2.24, 2.45) is 22.9 Å². The van der Waals surface area contributed by atoms with Gasteiger partial charge in [0.2, 0.25) is 5.79 Å². The third-order valence-corrected chi connectivity index (χ3v) is 13.8. The number of allylic oxidation sites excluding steroid dienone is 1. The zero-order valence-electron chi connectivity index (χ0n) is 37.1. The van der Waals surface area contributed by atoms with Gasteiger partial charge in [-0.2, -0.15) is 11.8 Å². The van der Waals surface area contributed by atoms with Crippen LogP contribution in [0.25, 0.3) is 0 Å². The highest BCUT2D eigenvalue weighted by atomic mass is 32.2. The number of nitrogens with one attached hydrogen (secondary N) is 1. The monoisotopic (exact) mass is 877 g/mol. The molecule has 2 aromatic rings. The molecule has 62 heavy (non-hydrogen) atoms. The number of thioether (sulfide) groups is 1. The van der Waals surface area contributed by atoms with Crippen molar-refractivity contribution in [1.82, 2.24) is 5.32 Å². The molecule has 1 heterocycles. The highest BCUT2D eigenvalue weighted by Gasteiger charge is 2.63. The van der Waals surface area contributed by atoms with Crippen LogP contribution in [0.5, 0.6) is 11.5 Å². The van der Waals surface area contributed by atoms with Gasteiger partial charge in [-0.15, -0.1) is 6.58 Å². The molecule has 2 aliphatic carbocycles. The number of benzene rings is 2. The van der Waals surface area contributed by atoms with Crippen LogP contribution in [0.15, 0.2) is 71.9 Å². The number of fused-ring (bicyclic) bond motifs is 2. The van der Waals surface area contributed by atoms with E-state index in [-0.39, 0.29) is 61.0 Å². The van der Waals surface area contributed by atoms with E-state index in [1.807, 2.05) is 12.1 Å². The van der Waals surface area contributed by atoms with E-state index in [2.05, 4.69) is 31.8 Å². The highest BCUT2D eigenvalue weighted by Crippen LogP contribution is 2.62. The second kappa shape index (κ2) is 26.0. The summed E-state index contributed by atoms with van der Waals surface area (Å²) in [5.74, 6) is 0.592. The molecule has 342 valence electrons. The minimum absolute atomic E-state index is 0.0120. The Morgan fingerprint density at radius 2 is 1.66 bits per heavy atom. The fraction of sp³-hybridized carbons (Fsp3) is 0.633. The summed E-state index contributed by atoms with van der Waals surface area (Å²) in [6.07, 6.45) is 21.0. The summed E-state index contributed by atoms with van der Waals surface area (Å²) in [7, 11) is 0. The quantitative estimate of drug-likeness (QED) is 0.0310. The van der Waals surface area contributed by atoms with Gasteiger partial charge in [-0.1, -0.05) is 102 Å². The van der Waals surface area contributed by atoms with Crippen molar-refractivity contribution in [3.63, 3.8) is 0 Å². The lowest BCUT2D eigenvalue weighted by Crippen LogP contribution is -2.64. The van der Waals surface area contributed by atoms with Crippen molar-refractivity contribution in [2.75, 3.05) is 32.1 Å². The maximum Gasteiger partial charge on any atom is 0.412 e. The highest BCUT2D eigenvalue weighted by molar-refractivity contribution is 8.00. The molecule has 0 saturated heterocycles. The van der Waals surface area contributed by atoms with Gasteiger partial charge in [-0.25, -0.2) is 4.79 Å². The average molecular weight is 878 g/mol. The van der Waals surface area contributed by atoms with Gasteiger partial charge in [0.05, 0.1) is 28.4 Å². The van der Waals surface area contributed by atoms with Crippen molar-refractivity contribution in [3.8, 4) is 11.5 Å². The van der Waals surface area contributed by atoms with Crippen LogP contribution >= 0.6 is 11.8 Å². The van der Waals surface area contributed by atoms with E-state index in [1.54, 1.807) is 36.0 Å². The maximum atomic E-state index is 13.2. The Labute approximate surface area is 373 Å². The number of amides is 1. The van der Waals surface area contributed by atoms with Crippen LogP contribution in [0.2, 0.25) is 0 Å². The molecule has 6 unspecified atom stereocenters. The summed E-state index contributed by atoms with van der Waals surface area (Å²) in [5.41, 5.74) is 3.51. The predicted molar refractivity (Wildman–Crippen MR) is 247 cm³/mol. The SMILES string of the molecule is C=CCOC12Oc3ccc(OC(=O)NCCCCCCCCCCCC)cc3C3C(CCCCO)C(CCCCO)C=C(C(=NOCc4ccc([N+](=O)[O-])cc4)CC1SCC)C32. The lowest BCUT2D eigenvalue weighted by molar-refractivity contribution is -0.384. The van der Waals surface area contributed by atoms with Crippen molar-refractivity contribution in [1.29, 1.82) is 0 Å². The van der Waals surface area contributed by atoms with E-state index >= 15 is 0 Å². The number of hydrogen-bond donors (Lipinski definition) is 3. The molecule has 0 aromatic heterocycles. The van der Waals surface area contributed by atoms with E-state index in [9.17, 15) is 25.1 Å². The van der Waals surface area contributed by atoms with Gasteiger partial charge in [0, 0.05) is 49.8 Å². The van der Waals surface area contributed by atoms with E-state index < -0.39 is 16.8 Å².